The van der Waals surface area contributed by atoms with Crippen LogP contribution in [0, 0.1) is 10.1 Å². The van der Waals surface area contributed by atoms with E-state index in [2.05, 4.69) is 5.32 Å². The van der Waals surface area contributed by atoms with Crippen molar-refractivity contribution in [1.29, 1.82) is 0 Å². The van der Waals surface area contributed by atoms with E-state index < -0.39 is 4.92 Å². The summed E-state index contributed by atoms with van der Waals surface area (Å²) in [5.41, 5.74) is 0.267. The Labute approximate surface area is 110 Å². The molecule has 0 spiro atoms. The summed E-state index contributed by atoms with van der Waals surface area (Å²) < 4.78 is 5.08. The average Bonchev–Trinajstić information content (AvgIpc) is 2.46. The number of ether oxygens (including phenoxy) is 1. The quantitative estimate of drug-likeness (QED) is 0.640. The number of nitro benzene ring substituents is 1. The van der Waals surface area contributed by atoms with Crippen LogP contribution < -0.4 is 10.1 Å². The molecule has 0 saturated carbocycles. The van der Waals surface area contributed by atoms with Crippen molar-refractivity contribution in [2.75, 3.05) is 33.3 Å². The van der Waals surface area contributed by atoms with Crippen molar-refractivity contribution < 1.29 is 14.5 Å². The summed E-state index contributed by atoms with van der Waals surface area (Å²) in [5.74, 6) is 0.0750. The molecule has 1 N–H and O–H groups in total. The van der Waals surface area contributed by atoms with Gasteiger partial charge in [0.15, 0.2) is 0 Å². The molecular weight excluding hydrogens is 250 g/mol. The summed E-state index contributed by atoms with van der Waals surface area (Å²) in [4.78, 5) is 24.2. The highest BCUT2D eigenvalue weighted by Gasteiger charge is 2.22. The van der Waals surface area contributed by atoms with Crippen molar-refractivity contribution in [2.24, 2.45) is 0 Å². The summed E-state index contributed by atoms with van der Waals surface area (Å²) in [7, 11) is 1.40. The van der Waals surface area contributed by atoms with Crippen molar-refractivity contribution in [2.45, 2.75) is 0 Å². The normalized spacial score (nSPS) is 15.1. The van der Waals surface area contributed by atoms with Crippen LogP contribution in [0.1, 0.15) is 10.4 Å². The van der Waals surface area contributed by atoms with Crippen molar-refractivity contribution in [1.82, 2.24) is 10.2 Å². The molecule has 2 rings (SSSR count). The molecule has 19 heavy (non-hydrogen) atoms. The Bertz CT molecular complexity index is 498. The van der Waals surface area contributed by atoms with Gasteiger partial charge in [0.25, 0.3) is 11.6 Å². The highest BCUT2D eigenvalue weighted by molar-refractivity contribution is 5.97. The topological polar surface area (TPSA) is 84.7 Å². The number of nitrogens with one attached hydrogen (secondary N) is 1. The Morgan fingerprint density at radius 2 is 2.11 bits per heavy atom. The van der Waals surface area contributed by atoms with Gasteiger partial charge in [0, 0.05) is 32.2 Å². The molecule has 0 aromatic heterocycles. The number of hydrogen-bond donors (Lipinski definition) is 1. The first-order chi connectivity index (χ1) is 9.13. The van der Waals surface area contributed by atoms with Gasteiger partial charge in [-0.15, -0.1) is 0 Å². The minimum Gasteiger partial charge on any atom is -0.496 e. The maximum Gasteiger partial charge on any atom is 0.273 e. The van der Waals surface area contributed by atoms with Gasteiger partial charge >= 0.3 is 0 Å². The van der Waals surface area contributed by atoms with Crippen molar-refractivity contribution in [3.05, 3.63) is 33.9 Å². The van der Waals surface area contributed by atoms with Crippen LogP contribution in [0.5, 0.6) is 5.75 Å². The molecule has 7 heteroatoms. The predicted molar refractivity (Wildman–Crippen MR) is 68.4 cm³/mol. The van der Waals surface area contributed by atoms with E-state index in [4.69, 9.17) is 4.74 Å². The standard InChI is InChI=1S/C12H15N3O4/c1-19-11-8-9(15(17)18)2-3-10(11)12(16)14-6-4-13-5-7-14/h2-3,8,13H,4-7H2,1H3. The fraction of sp³-hybridized carbons (Fsp3) is 0.417. The lowest BCUT2D eigenvalue weighted by Crippen LogP contribution is -2.46. The summed E-state index contributed by atoms with van der Waals surface area (Å²) >= 11 is 0. The fourth-order valence-electron chi connectivity index (χ4n) is 2.01. The van der Waals surface area contributed by atoms with Gasteiger partial charge in [-0.05, 0) is 6.07 Å². The summed E-state index contributed by atoms with van der Waals surface area (Å²) in [6, 6.07) is 4.04. The number of rotatable bonds is 3. The van der Waals surface area contributed by atoms with E-state index in [1.54, 1.807) is 4.90 Å². The van der Waals surface area contributed by atoms with Gasteiger partial charge in [-0.3, -0.25) is 14.9 Å². The number of carbonyl (C=O) groups excluding carboxylic acids is 1. The molecular formula is C12H15N3O4. The molecule has 0 unspecified atom stereocenters. The van der Waals surface area contributed by atoms with E-state index in [-0.39, 0.29) is 17.3 Å². The molecule has 1 aliphatic rings. The number of hydrogen-bond acceptors (Lipinski definition) is 5. The van der Waals surface area contributed by atoms with E-state index in [1.807, 2.05) is 0 Å². The van der Waals surface area contributed by atoms with Crippen LogP contribution in [0.2, 0.25) is 0 Å². The molecule has 1 amide bonds. The Morgan fingerprint density at radius 3 is 2.68 bits per heavy atom. The fourth-order valence-corrected chi connectivity index (χ4v) is 2.01. The molecule has 0 radical (unpaired) electrons. The van der Waals surface area contributed by atoms with Crippen molar-refractivity contribution >= 4 is 11.6 Å². The summed E-state index contributed by atoms with van der Waals surface area (Å²) in [6.07, 6.45) is 0. The van der Waals surface area contributed by atoms with Gasteiger partial charge in [-0.2, -0.15) is 0 Å². The van der Waals surface area contributed by atoms with Gasteiger partial charge in [-0.1, -0.05) is 0 Å². The van der Waals surface area contributed by atoms with E-state index >= 15 is 0 Å². The number of carbonyl (C=O) groups is 1. The smallest absolute Gasteiger partial charge is 0.273 e. The number of non-ortho nitro benzene ring substituents is 1. The number of methoxy groups -OCH3 is 1. The molecule has 7 nitrogen and oxygen atoms in total. The maximum absolute atomic E-state index is 12.3. The van der Waals surface area contributed by atoms with E-state index in [0.717, 1.165) is 13.1 Å². The van der Waals surface area contributed by atoms with Crippen molar-refractivity contribution in [3.63, 3.8) is 0 Å². The zero-order valence-electron chi connectivity index (χ0n) is 10.6. The third-order valence-corrected chi connectivity index (χ3v) is 3.03. The lowest BCUT2D eigenvalue weighted by Gasteiger charge is -2.27. The third-order valence-electron chi connectivity index (χ3n) is 3.03. The lowest BCUT2D eigenvalue weighted by molar-refractivity contribution is -0.384. The molecule has 1 saturated heterocycles. The number of amides is 1. The minimum absolute atomic E-state index is 0.0892. The number of piperazine rings is 1. The Morgan fingerprint density at radius 1 is 1.42 bits per heavy atom. The first-order valence-electron chi connectivity index (χ1n) is 5.96. The van der Waals surface area contributed by atoms with E-state index in [0.29, 0.717) is 18.7 Å². The van der Waals surface area contributed by atoms with Crippen molar-refractivity contribution in [3.8, 4) is 5.75 Å². The number of benzene rings is 1. The summed E-state index contributed by atoms with van der Waals surface area (Å²) in [6.45, 7) is 2.75. The second-order valence-corrected chi connectivity index (χ2v) is 4.18. The number of nitrogens with zero attached hydrogens (tertiary/aromatic N) is 2. The SMILES string of the molecule is COc1cc([N+](=O)[O-])ccc1C(=O)N1CCNCC1. The van der Waals surface area contributed by atoms with Gasteiger partial charge in [0.2, 0.25) is 0 Å². The number of nitro groups is 1. The zero-order chi connectivity index (χ0) is 13.8. The average molecular weight is 265 g/mol. The second-order valence-electron chi connectivity index (χ2n) is 4.18. The Kier molecular flexibility index (Phi) is 3.96. The summed E-state index contributed by atoms with van der Waals surface area (Å²) in [5, 5.41) is 13.9. The zero-order valence-corrected chi connectivity index (χ0v) is 10.6. The van der Waals surface area contributed by atoms with Crippen LogP contribution in [0.3, 0.4) is 0 Å². The minimum atomic E-state index is -0.512. The van der Waals surface area contributed by atoms with Crippen LogP contribution in [-0.4, -0.2) is 49.0 Å². The van der Waals surface area contributed by atoms with Crippen LogP contribution >= 0.6 is 0 Å². The Hall–Kier alpha value is -2.15. The highest BCUT2D eigenvalue weighted by atomic mass is 16.6. The molecule has 1 fully saturated rings. The van der Waals surface area contributed by atoms with Gasteiger partial charge in [0.1, 0.15) is 5.75 Å². The molecule has 102 valence electrons. The largest absolute Gasteiger partial charge is 0.496 e. The monoisotopic (exact) mass is 265 g/mol. The molecule has 1 aromatic rings. The van der Waals surface area contributed by atoms with Crippen LogP contribution in [0.15, 0.2) is 18.2 Å². The van der Waals surface area contributed by atoms with Gasteiger partial charge < -0.3 is 15.0 Å². The molecule has 0 aliphatic carbocycles. The lowest BCUT2D eigenvalue weighted by atomic mass is 10.1. The van der Waals surface area contributed by atoms with Crippen LogP contribution in [0.25, 0.3) is 0 Å². The second kappa shape index (κ2) is 5.66. The van der Waals surface area contributed by atoms with E-state index in [1.165, 1.54) is 25.3 Å². The molecule has 1 aromatic carbocycles. The third kappa shape index (κ3) is 2.82. The van der Waals surface area contributed by atoms with Crippen LogP contribution in [-0.2, 0) is 0 Å². The molecule has 1 heterocycles. The predicted octanol–water partition coefficient (Wildman–Crippen LogP) is 0.649. The Balaban J connectivity index is 2.27. The highest BCUT2D eigenvalue weighted by Crippen LogP contribution is 2.25. The van der Waals surface area contributed by atoms with Gasteiger partial charge in [-0.25, -0.2) is 0 Å². The molecule has 1 aliphatic heterocycles. The molecule has 0 atom stereocenters. The maximum atomic E-state index is 12.3. The first-order valence-corrected chi connectivity index (χ1v) is 5.96. The van der Waals surface area contributed by atoms with E-state index in [9.17, 15) is 14.9 Å². The van der Waals surface area contributed by atoms with Gasteiger partial charge in [0.05, 0.1) is 23.7 Å². The van der Waals surface area contributed by atoms with Crippen LogP contribution in [0.4, 0.5) is 5.69 Å². The first kappa shape index (κ1) is 13.3. The molecule has 0 bridgehead atoms.